The molecule has 132 valence electrons. The SMILES string of the molecule is CCC[C@H](NC(=O)c1cc(-c2c(C)nn(C)c2C)n[nH]1)c1cccs1. The number of aromatic amines is 1. The van der Waals surface area contributed by atoms with Gasteiger partial charge in [-0.1, -0.05) is 19.4 Å². The molecule has 0 aliphatic heterocycles. The third kappa shape index (κ3) is 3.51. The maximum atomic E-state index is 12.6. The van der Waals surface area contributed by atoms with E-state index in [0.29, 0.717) is 5.69 Å². The van der Waals surface area contributed by atoms with Crippen LogP contribution in [0, 0.1) is 13.8 Å². The molecule has 0 unspecified atom stereocenters. The fraction of sp³-hybridized carbons (Fsp3) is 0.389. The topological polar surface area (TPSA) is 75.6 Å². The van der Waals surface area contributed by atoms with Gasteiger partial charge in [0.25, 0.3) is 5.91 Å². The Morgan fingerprint density at radius 1 is 1.44 bits per heavy atom. The highest BCUT2D eigenvalue weighted by molar-refractivity contribution is 7.10. The number of rotatable bonds is 6. The van der Waals surface area contributed by atoms with Gasteiger partial charge < -0.3 is 5.32 Å². The third-order valence-corrected chi connectivity index (χ3v) is 5.34. The maximum absolute atomic E-state index is 12.6. The van der Waals surface area contributed by atoms with Crippen LogP contribution in [0.3, 0.4) is 0 Å². The Labute approximate surface area is 151 Å². The summed E-state index contributed by atoms with van der Waals surface area (Å²) in [7, 11) is 1.91. The first-order chi connectivity index (χ1) is 12.0. The van der Waals surface area contributed by atoms with Crippen LogP contribution in [-0.4, -0.2) is 25.9 Å². The van der Waals surface area contributed by atoms with E-state index >= 15 is 0 Å². The summed E-state index contributed by atoms with van der Waals surface area (Å²) in [5.74, 6) is -0.134. The minimum atomic E-state index is -0.134. The Hall–Kier alpha value is -2.41. The minimum absolute atomic E-state index is 0.0334. The summed E-state index contributed by atoms with van der Waals surface area (Å²) >= 11 is 1.67. The lowest BCUT2D eigenvalue weighted by molar-refractivity contribution is 0.0930. The van der Waals surface area contributed by atoms with Crippen LogP contribution in [0.1, 0.15) is 52.6 Å². The molecule has 3 heterocycles. The van der Waals surface area contributed by atoms with E-state index in [0.717, 1.165) is 35.5 Å². The van der Waals surface area contributed by atoms with Gasteiger partial charge in [-0.25, -0.2) is 0 Å². The molecule has 0 aliphatic rings. The van der Waals surface area contributed by atoms with Crippen molar-refractivity contribution in [1.29, 1.82) is 0 Å². The van der Waals surface area contributed by atoms with E-state index in [1.807, 2.05) is 37.0 Å². The Bertz CT molecular complexity index is 862. The van der Waals surface area contributed by atoms with Crippen molar-refractivity contribution in [3.63, 3.8) is 0 Å². The van der Waals surface area contributed by atoms with Crippen LogP contribution in [0.15, 0.2) is 23.6 Å². The molecule has 0 aliphatic carbocycles. The van der Waals surface area contributed by atoms with E-state index in [9.17, 15) is 4.79 Å². The van der Waals surface area contributed by atoms with Crippen LogP contribution >= 0.6 is 11.3 Å². The largest absolute Gasteiger partial charge is 0.343 e. The zero-order valence-electron chi connectivity index (χ0n) is 15.0. The van der Waals surface area contributed by atoms with E-state index in [1.54, 1.807) is 17.4 Å². The van der Waals surface area contributed by atoms with Gasteiger partial charge in [0.1, 0.15) is 5.69 Å². The molecule has 2 N–H and O–H groups in total. The van der Waals surface area contributed by atoms with Crippen LogP contribution in [0.25, 0.3) is 11.3 Å². The van der Waals surface area contributed by atoms with Gasteiger partial charge in [-0.3, -0.25) is 14.6 Å². The molecule has 0 bridgehead atoms. The van der Waals surface area contributed by atoms with Gasteiger partial charge in [-0.2, -0.15) is 10.2 Å². The van der Waals surface area contributed by atoms with Crippen LogP contribution in [0.4, 0.5) is 0 Å². The number of carbonyl (C=O) groups is 1. The first-order valence-electron chi connectivity index (χ1n) is 8.41. The maximum Gasteiger partial charge on any atom is 0.269 e. The van der Waals surface area contributed by atoms with Gasteiger partial charge in [0.15, 0.2) is 0 Å². The van der Waals surface area contributed by atoms with Crippen molar-refractivity contribution >= 4 is 17.2 Å². The standard InChI is InChI=1S/C18H23N5OS/c1-5-7-13(16-8-6-9-25-16)19-18(24)15-10-14(20-21-15)17-11(2)22-23(4)12(17)3/h6,8-10,13H,5,7H2,1-4H3,(H,19,24)(H,20,21)/t13-/m0/s1. The van der Waals surface area contributed by atoms with Gasteiger partial charge in [-0.15, -0.1) is 11.3 Å². The smallest absolute Gasteiger partial charge is 0.269 e. The quantitative estimate of drug-likeness (QED) is 0.705. The van der Waals surface area contributed by atoms with E-state index < -0.39 is 0 Å². The summed E-state index contributed by atoms with van der Waals surface area (Å²) in [6, 6.07) is 5.90. The van der Waals surface area contributed by atoms with Crippen molar-refractivity contribution in [1.82, 2.24) is 25.3 Å². The Morgan fingerprint density at radius 2 is 2.24 bits per heavy atom. The van der Waals surface area contributed by atoms with Gasteiger partial charge >= 0.3 is 0 Å². The van der Waals surface area contributed by atoms with Crippen LogP contribution < -0.4 is 5.32 Å². The molecule has 0 spiro atoms. The van der Waals surface area contributed by atoms with Gasteiger partial charge in [0.05, 0.1) is 17.4 Å². The lowest BCUT2D eigenvalue weighted by Gasteiger charge is -2.16. The highest BCUT2D eigenvalue weighted by atomic mass is 32.1. The van der Waals surface area contributed by atoms with Crippen LogP contribution in [0.2, 0.25) is 0 Å². The number of amides is 1. The molecular formula is C18H23N5OS. The number of H-pyrrole nitrogens is 1. The second-order valence-electron chi connectivity index (χ2n) is 6.17. The fourth-order valence-electron chi connectivity index (χ4n) is 3.01. The van der Waals surface area contributed by atoms with Gasteiger partial charge in [-0.05, 0) is 37.8 Å². The second kappa shape index (κ2) is 7.23. The molecule has 1 atom stereocenters. The lowest BCUT2D eigenvalue weighted by atomic mass is 10.1. The van der Waals surface area contributed by atoms with Crippen molar-refractivity contribution in [2.45, 2.75) is 39.7 Å². The summed E-state index contributed by atoms with van der Waals surface area (Å²) in [6.45, 7) is 6.07. The molecule has 3 rings (SSSR count). The molecule has 1 amide bonds. The zero-order valence-corrected chi connectivity index (χ0v) is 15.8. The third-order valence-electron chi connectivity index (χ3n) is 4.36. The fourth-order valence-corrected chi connectivity index (χ4v) is 3.82. The van der Waals surface area contributed by atoms with Crippen LogP contribution in [0.5, 0.6) is 0 Å². The van der Waals surface area contributed by atoms with Crippen LogP contribution in [-0.2, 0) is 7.05 Å². The first-order valence-corrected chi connectivity index (χ1v) is 9.29. The summed E-state index contributed by atoms with van der Waals surface area (Å²) in [5, 5.41) is 16.7. The summed E-state index contributed by atoms with van der Waals surface area (Å²) < 4.78 is 1.83. The average molecular weight is 357 g/mol. The number of carbonyl (C=O) groups excluding carboxylic acids is 1. The molecule has 25 heavy (non-hydrogen) atoms. The molecule has 0 saturated carbocycles. The minimum Gasteiger partial charge on any atom is -0.343 e. The van der Waals surface area contributed by atoms with Crippen molar-refractivity contribution in [2.75, 3.05) is 0 Å². The molecule has 0 aromatic carbocycles. The van der Waals surface area contributed by atoms with E-state index in [1.165, 1.54) is 4.88 Å². The number of aromatic nitrogens is 4. The number of nitrogens with zero attached hydrogens (tertiary/aromatic N) is 3. The molecule has 6 nitrogen and oxygen atoms in total. The summed E-state index contributed by atoms with van der Waals surface area (Å²) in [6.07, 6.45) is 1.92. The van der Waals surface area contributed by atoms with Crippen molar-refractivity contribution < 1.29 is 4.79 Å². The first kappa shape index (κ1) is 17.4. The molecule has 0 saturated heterocycles. The number of hydrogen-bond acceptors (Lipinski definition) is 4. The van der Waals surface area contributed by atoms with Gasteiger partial charge in [0.2, 0.25) is 0 Å². The molecular weight excluding hydrogens is 334 g/mol. The van der Waals surface area contributed by atoms with E-state index in [4.69, 9.17) is 0 Å². The number of nitrogens with one attached hydrogen (secondary N) is 2. The number of thiophene rings is 1. The number of hydrogen-bond donors (Lipinski definition) is 2. The monoisotopic (exact) mass is 357 g/mol. The van der Waals surface area contributed by atoms with Crippen molar-refractivity contribution in [3.8, 4) is 11.3 Å². The van der Waals surface area contributed by atoms with Crippen molar-refractivity contribution in [2.24, 2.45) is 7.05 Å². The normalized spacial score (nSPS) is 12.3. The molecule has 3 aromatic rings. The van der Waals surface area contributed by atoms with E-state index in [-0.39, 0.29) is 11.9 Å². The predicted octanol–water partition coefficient (Wildman–Crippen LogP) is 3.76. The summed E-state index contributed by atoms with van der Waals surface area (Å²) in [5.41, 5.74) is 4.12. The Morgan fingerprint density at radius 3 is 2.84 bits per heavy atom. The highest BCUT2D eigenvalue weighted by Crippen LogP contribution is 2.26. The predicted molar refractivity (Wildman–Crippen MR) is 99.7 cm³/mol. The Kier molecular flexibility index (Phi) is 5.03. The van der Waals surface area contributed by atoms with Crippen molar-refractivity contribution in [3.05, 3.63) is 45.5 Å². The molecule has 3 aromatic heterocycles. The molecule has 0 radical (unpaired) electrons. The zero-order chi connectivity index (χ0) is 18.0. The summed E-state index contributed by atoms with van der Waals surface area (Å²) in [4.78, 5) is 13.8. The highest BCUT2D eigenvalue weighted by Gasteiger charge is 2.20. The second-order valence-corrected chi connectivity index (χ2v) is 7.15. The molecule has 7 heteroatoms. The Balaban J connectivity index is 1.80. The average Bonchev–Trinajstić information content (AvgIpc) is 3.29. The number of aryl methyl sites for hydroxylation is 2. The van der Waals surface area contributed by atoms with Gasteiger partial charge in [0, 0.05) is 23.2 Å². The lowest BCUT2D eigenvalue weighted by Crippen LogP contribution is -2.28. The molecule has 0 fully saturated rings. The van der Waals surface area contributed by atoms with E-state index in [2.05, 4.69) is 33.6 Å².